The lowest BCUT2D eigenvalue weighted by Gasteiger charge is -2.28. The molecule has 1 aromatic carbocycles. The van der Waals surface area contributed by atoms with Crippen molar-refractivity contribution in [2.45, 2.75) is 31.4 Å². The van der Waals surface area contributed by atoms with Crippen LogP contribution < -0.4 is 4.74 Å². The van der Waals surface area contributed by atoms with Crippen molar-refractivity contribution in [3.05, 3.63) is 29.8 Å². The fourth-order valence-electron chi connectivity index (χ4n) is 3.09. The fourth-order valence-corrected chi connectivity index (χ4v) is 4.96. The molecule has 0 aliphatic heterocycles. The van der Waals surface area contributed by atoms with Crippen molar-refractivity contribution in [3.63, 3.8) is 0 Å². The molecule has 1 aromatic rings. The Bertz CT molecular complexity index is 606. The van der Waals surface area contributed by atoms with Crippen LogP contribution in [0.2, 0.25) is 0 Å². The highest BCUT2D eigenvalue weighted by atomic mass is 32.2. The topological polar surface area (TPSA) is 80.7 Å². The summed E-state index contributed by atoms with van der Waals surface area (Å²) < 4.78 is 29.8. The lowest BCUT2D eigenvalue weighted by Crippen LogP contribution is -2.32. The van der Waals surface area contributed by atoms with Crippen LogP contribution in [0.25, 0.3) is 0 Å². The summed E-state index contributed by atoms with van der Waals surface area (Å²) in [5, 5.41) is 9.24. The van der Waals surface area contributed by atoms with Crippen molar-refractivity contribution >= 4 is 15.8 Å². The number of hydrogen-bond donors (Lipinski definition) is 1. The molecule has 0 heterocycles. The molecule has 0 bridgehead atoms. The van der Waals surface area contributed by atoms with Gasteiger partial charge in [0.2, 0.25) is 0 Å². The van der Waals surface area contributed by atoms with Gasteiger partial charge >= 0.3 is 5.97 Å². The maximum atomic E-state index is 12.4. The van der Waals surface area contributed by atoms with Crippen LogP contribution in [0.4, 0.5) is 0 Å². The van der Waals surface area contributed by atoms with Gasteiger partial charge in [-0.15, -0.1) is 0 Å². The van der Waals surface area contributed by atoms with E-state index in [1.807, 2.05) is 0 Å². The van der Waals surface area contributed by atoms with E-state index in [0.717, 1.165) is 12.8 Å². The van der Waals surface area contributed by atoms with E-state index < -0.39 is 21.7 Å². The molecule has 2 atom stereocenters. The molecule has 1 aliphatic carbocycles. The van der Waals surface area contributed by atoms with Crippen LogP contribution in [0.5, 0.6) is 5.75 Å². The van der Waals surface area contributed by atoms with E-state index in [9.17, 15) is 18.3 Å². The molecule has 0 saturated heterocycles. The Labute approximate surface area is 131 Å². The average molecular weight is 326 g/mol. The third kappa shape index (κ3) is 4.47. The summed E-state index contributed by atoms with van der Waals surface area (Å²) in [4.78, 5) is 11.3. The van der Waals surface area contributed by atoms with Crippen LogP contribution in [0, 0.1) is 11.8 Å². The minimum atomic E-state index is -3.32. The molecule has 0 spiro atoms. The Morgan fingerprint density at radius 3 is 2.45 bits per heavy atom. The van der Waals surface area contributed by atoms with E-state index in [1.165, 1.54) is 0 Å². The summed E-state index contributed by atoms with van der Waals surface area (Å²) in [6.45, 7) is 0. The second-order valence-corrected chi connectivity index (χ2v) is 8.00. The molecule has 0 radical (unpaired) electrons. The van der Waals surface area contributed by atoms with Gasteiger partial charge in [-0.25, -0.2) is 8.42 Å². The number of carboxylic acids is 1. The van der Waals surface area contributed by atoms with Gasteiger partial charge in [-0.05, 0) is 36.5 Å². The molecular weight excluding hydrogens is 304 g/mol. The lowest BCUT2D eigenvalue weighted by atomic mass is 9.80. The summed E-state index contributed by atoms with van der Waals surface area (Å²) in [5.74, 6) is -1.09. The van der Waals surface area contributed by atoms with Gasteiger partial charge in [0.1, 0.15) is 5.75 Å². The van der Waals surface area contributed by atoms with E-state index in [0.29, 0.717) is 24.2 Å². The van der Waals surface area contributed by atoms with E-state index in [1.54, 1.807) is 31.4 Å². The molecule has 6 heteroatoms. The van der Waals surface area contributed by atoms with Gasteiger partial charge in [-0.2, -0.15) is 0 Å². The largest absolute Gasteiger partial charge is 0.497 e. The number of ether oxygens (including phenoxy) is 1. The zero-order chi connectivity index (χ0) is 16.2. The molecular formula is C16H22O5S. The van der Waals surface area contributed by atoms with Crippen LogP contribution in [0.1, 0.15) is 31.2 Å². The second-order valence-electron chi connectivity index (χ2n) is 5.89. The molecule has 22 heavy (non-hydrogen) atoms. The van der Waals surface area contributed by atoms with Crippen LogP contribution in [-0.2, 0) is 20.4 Å². The third-order valence-corrected chi connectivity index (χ3v) is 5.95. The molecule has 2 rings (SSSR count). The van der Waals surface area contributed by atoms with Gasteiger partial charge in [-0.3, -0.25) is 4.79 Å². The van der Waals surface area contributed by atoms with Crippen LogP contribution in [-0.4, -0.2) is 32.4 Å². The molecule has 1 saturated carbocycles. The van der Waals surface area contributed by atoms with Crippen LogP contribution >= 0.6 is 0 Å². The molecule has 0 amide bonds. The first-order chi connectivity index (χ1) is 10.4. The van der Waals surface area contributed by atoms with Crippen LogP contribution in [0.15, 0.2) is 24.3 Å². The first kappa shape index (κ1) is 16.8. The summed E-state index contributed by atoms with van der Waals surface area (Å²) in [6.07, 6.45) is 3.04. The Balaban J connectivity index is 2.04. The summed E-state index contributed by atoms with van der Waals surface area (Å²) in [5.41, 5.74) is 0.698. The Morgan fingerprint density at radius 1 is 1.23 bits per heavy atom. The van der Waals surface area contributed by atoms with Gasteiger partial charge in [0.05, 0.1) is 24.5 Å². The highest BCUT2D eigenvalue weighted by Crippen LogP contribution is 2.32. The average Bonchev–Trinajstić information content (AvgIpc) is 2.47. The quantitative estimate of drug-likeness (QED) is 0.868. The standard InChI is InChI=1S/C16H22O5S/c1-21-14-8-6-12(7-9-14)10-22(19,20)11-13-4-2-3-5-15(13)16(17)18/h6-9,13,15H,2-5,10-11H2,1H3,(H,17,18). The maximum absolute atomic E-state index is 12.4. The van der Waals surface area contributed by atoms with E-state index >= 15 is 0 Å². The van der Waals surface area contributed by atoms with Gasteiger partial charge < -0.3 is 9.84 Å². The van der Waals surface area contributed by atoms with Crippen molar-refractivity contribution in [2.24, 2.45) is 11.8 Å². The Kier molecular flexibility index (Phi) is 5.45. The first-order valence-corrected chi connectivity index (χ1v) is 9.29. The Morgan fingerprint density at radius 2 is 1.86 bits per heavy atom. The zero-order valence-corrected chi connectivity index (χ0v) is 13.5. The molecule has 5 nitrogen and oxygen atoms in total. The van der Waals surface area contributed by atoms with Gasteiger partial charge in [0.15, 0.2) is 9.84 Å². The molecule has 122 valence electrons. The highest BCUT2D eigenvalue weighted by molar-refractivity contribution is 7.90. The van der Waals surface area contributed by atoms with Gasteiger partial charge in [0, 0.05) is 0 Å². The van der Waals surface area contributed by atoms with Crippen LogP contribution in [0.3, 0.4) is 0 Å². The Hall–Kier alpha value is -1.56. The van der Waals surface area contributed by atoms with E-state index in [2.05, 4.69) is 0 Å². The number of hydrogen-bond acceptors (Lipinski definition) is 4. The number of aliphatic carboxylic acids is 1. The van der Waals surface area contributed by atoms with Gasteiger partial charge in [-0.1, -0.05) is 25.0 Å². The van der Waals surface area contributed by atoms with E-state index in [-0.39, 0.29) is 17.4 Å². The number of sulfone groups is 1. The molecule has 1 N–H and O–H groups in total. The number of carbonyl (C=O) groups is 1. The van der Waals surface area contributed by atoms with E-state index in [4.69, 9.17) is 4.74 Å². The zero-order valence-electron chi connectivity index (χ0n) is 12.7. The van der Waals surface area contributed by atoms with Gasteiger partial charge in [0.25, 0.3) is 0 Å². The first-order valence-electron chi connectivity index (χ1n) is 7.47. The highest BCUT2D eigenvalue weighted by Gasteiger charge is 2.33. The smallest absolute Gasteiger partial charge is 0.306 e. The minimum absolute atomic E-state index is 0.0456. The fraction of sp³-hybridized carbons (Fsp3) is 0.562. The number of benzene rings is 1. The number of methoxy groups -OCH3 is 1. The molecule has 2 unspecified atom stereocenters. The molecule has 1 aliphatic rings. The second kappa shape index (κ2) is 7.13. The predicted octanol–water partition coefficient (Wildman–Crippen LogP) is 2.50. The molecule has 0 aromatic heterocycles. The predicted molar refractivity (Wildman–Crippen MR) is 83.6 cm³/mol. The van der Waals surface area contributed by atoms with Crippen molar-refractivity contribution < 1.29 is 23.1 Å². The lowest BCUT2D eigenvalue weighted by molar-refractivity contribution is -0.144. The van der Waals surface area contributed by atoms with Crippen molar-refractivity contribution in [3.8, 4) is 5.75 Å². The maximum Gasteiger partial charge on any atom is 0.306 e. The van der Waals surface area contributed by atoms with Crippen molar-refractivity contribution in [1.82, 2.24) is 0 Å². The number of carboxylic acid groups (broad SMARTS) is 1. The molecule has 1 fully saturated rings. The van der Waals surface area contributed by atoms with Crippen molar-refractivity contribution in [2.75, 3.05) is 12.9 Å². The number of rotatable bonds is 6. The normalized spacial score (nSPS) is 22.2. The summed E-state index contributed by atoms with van der Waals surface area (Å²) in [6, 6.07) is 6.91. The monoisotopic (exact) mass is 326 g/mol. The SMILES string of the molecule is COc1ccc(CS(=O)(=O)CC2CCCCC2C(=O)O)cc1. The van der Waals surface area contributed by atoms with Crippen molar-refractivity contribution in [1.29, 1.82) is 0 Å². The summed E-state index contributed by atoms with van der Waals surface area (Å²) in [7, 11) is -1.77. The summed E-state index contributed by atoms with van der Waals surface area (Å²) >= 11 is 0. The third-order valence-electron chi connectivity index (χ3n) is 4.24. The minimum Gasteiger partial charge on any atom is -0.497 e.